The third-order valence-corrected chi connectivity index (χ3v) is 12.3. The van der Waals surface area contributed by atoms with Gasteiger partial charge in [-0.05, 0) is 65.2 Å². The SMILES string of the molecule is CC(O)COCCOCCC[Si](C)(O[Si](C)(C)C)O[Si](C)(C)C. The zero-order valence-corrected chi connectivity index (χ0v) is 19.4. The van der Waals surface area contributed by atoms with Crippen molar-refractivity contribution in [2.45, 2.75) is 71.3 Å². The molecule has 0 heterocycles. The minimum absolute atomic E-state index is 0.364. The molecule has 23 heavy (non-hydrogen) atoms. The first-order valence-electron chi connectivity index (χ1n) is 8.57. The Morgan fingerprint density at radius 1 is 0.783 bits per heavy atom. The van der Waals surface area contributed by atoms with Crippen molar-refractivity contribution in [3.63, 3.8) is 0 Å². The molecule has 140 valence electrons. The Morgan fingerprint density at radius 2 is 1.26 bits per heavy atom. The Kier molecular flexibility index (Phi) is 10.6. The van der Waals surface area contributed by atoms with Crippen LogP contribution in [0.2, 0.25) is 51.9 Å². The van der Waals surface area contributed by atoms with Crippen molar-refractivity contribution < 1.29 is 22.8 Å². The molecule has 0 radical (unpaired) electrons. The van der Waals surface area contributed by atoms with Gasteiger partial charge in [-0.1, -0.05) is 0 Å². The fourth-order valence-electron chi connectivity index (χ4n) is 2.39. The molecule has 0 spiro atoms. The van der Waals surface area contributed by atoms with Gasteiger partial charge in [0, 0.05) is 6.61 Å². The Morgan fingerprint density at radius 3 is 1.70 bits per heavy atom. The third kappa shape index (κ3) is 15.7. The molecule has 0 amide bonds. The quantitative estimate of drug-likeness (QED) is 0.390. The second-order valence-corrected chi connectivity index (χ2v) is 21.1. The second-order valence-electron chi connectivity index (χ2n) is 8.20. The van der Waals surface area contributed by atoms with Gasteiger partial charge in [0.1, 0.15) is 0 Å². The van der Waals surface area contributed by atoms with E-state index in [0.717, 1.165) is 12.5 Å². The lowest BCUT2D eigenvalue weighted by molar-refractivity contribution is 0.00952. The summed E-state index contributed by atoms with van der Waals surface area (Å²) in [6, 6.07) is 0.968. The van der Waals surface area contributed by atoms with E-state index in [9.17, 15) is 0 Å². The molecule has 0 bridgehead atoms. The molecule has 0 aromatic carbocycles. The van der Waals surface area contributed by atoms with Gasteiger partial charge in [0.2, 0.25) is 0 Å². The highest BCUT2D eigenvalue weighted by molar-refractivity contribution is 6.87. The van der Waals surface area contributed by atoms with Crippen LogP contribution < -0.4 is 0 Å². The molecule has 0 saturated heterocycles. The molecule has 1 N–H and O–H groups in total. The molecule has 1 atom stereocenters. The number of ether oxygens (including phenoxy) is 2. The van der Waals surface area contributed by atoms with Crippen LogP contribution in [0.15, 0.2) is 0 Å². The first kappa shape index (κ1) is 23.5. The van der Waals surface area contributed by atoms with Crippen molar-refractivity contribution in [1.82, 2.24) is 0 Å². The van der Waals surface area contributed by atoms with Crippen LogP contribution >= 0.6 is 0 Å². The molecule has 0 aliphatic rings. The number of hydrogen-bond donors (Lipinski definition) is 1. The third-order valence-electron chi connectivity index (χ3n) is 2.69. The van der Waals surface area contributed by atoms with Crippen molar-refractivity contribution in [3.05, 3.63) is 0 Å². The number of rotatable bonds is 13. The first-order valence-corrected chi connectivity index (χ1v) is 17.9. The monoisotopic (exact) mass is 382 g/mol. The van der Waals surface area contributed by atoms with Gasteiger partial charge in [-0.15, -0.1) is 0 Å². The lowest BCUT2D eigenvalue weighted by Gasteiger charge is -2.38. The fourth-order valence-corrected chi connectivity index (χ4v) is 14.9. The summed E-state index contributed by atoms with van der Waals surface area (Å²) in [5.41, 5.74) is 0. The minimum Gasteiger partial charge on any atom is -0.437 e. The van der Waals surface area contributed by atoms with Gasteiger partial charge >= 0.3 is 8.56 Å². The zero-order valence-electron chi connectivity index (χ0n) is 16.4. The lowest BCUT2D eigenvalue weighted by atomic mass is 10.4. The molecule has 0 fully saturated rings. The molecule has 1 unspecified atom stereocenters. The summed E-state index contributed by atoms with van der Waals surface area (Å²) in [4.78, 5) is 0. The van der Waals surface area contributed by atoms with Gasteiger partial charge in [-0.2, -0.15) is 0 Å². The summed E-state index contributed by atoms with van der Waals surface area (Å²) in [5, 5.41) is 9.09. The van der Waals surface area contributed by atoms with E-state index < -0.39 is 31.3 Å². The van der Waals surface area contributed by atoms with Crippen molar-refractivity contribution >= 4 is 25.2 Å². The summed E-state index contributed by atoms with van der Waals surface area (Å²) in [7, 11) is -5.36. The zero-order chi connectivity index (χ0) is 18.1. The van der Waals surface area contributed by atoms with E-state index in [1.54, 1.807) is 6.92 Å². The smallest absolute Gasteiger partial charge is 0.314 e. The first-order chi connectivity index (χ1) is 10.3. The molecule has 0 aliphatic carbocycles. The number of hydrogen-bond acceptors (Lipinski definition) is 5. The summed E-state index contributed by atoms with van der Waals surface area (Å²) in [6.07, 6.45) is 0.535. The van der Waals surface area contributed by atoms with Gasteiger partial charge in [0.05, 0.1) is 25.9 Å². The predicted octanol–water partition coefficient (Wildman–Crippen LogP) is 3.57. The predicted molar refractivity (Wildman–Crippen MR) is 103 cm³/mol. The van der Waals surface area contributed by atoms with E-state index in [1.807, 2.05) is 0 Å². The van der Waals surface area contributed by atoms with Crippen LogP contribution in [0.3, 0.4) is 0 Å². The number of aliphatic hydroxyl groups is 1. The lowest BCUT2D eigenvalue weighted by Crippen LogP contribution is -2.52. The van der Waals surface area contributed by atoms with E-state index in [4.69, 9.17) is 22.8 Å². The Balaban J connectivity index is 4.11. The van der Waals surface area contributed by atoms with Gasteiger partial charge in [0.15, 0.2) is 16.6 Å². The maximum Gasteiger partial charge on any atom is 0.314 e. The Hall–Kier alpha value is 0.451. The van der Waals surface area contributed by atoms with E-state index in [1.165, 1.54) is 0 Å². The molecular formula is C15H38O5Si3. The highest BCUT2D eigenvalue weighted by Crippen LogP contribution is 2.25. The van der Waals surface area contributed by atoms with E-state index in [0.29, 0.717) is 26.4 Å². The van der Waals surface area contributed by atoms with Gasteiger partial charge in [-0.25, -0.2) is 0 Å². The standard InChI is InChI=1S/C15H38O5Si3/c1-15(16)14-18-12-11-17-10-9-13-23(8,19-21(2,3)4)20-22(5,6)7/h15-16H,9-14H2,1-8H3. The molecule has 8 heteroatoms. The highest BCUT2D eigenvalue weighted by Gasteiger charge is 2.39. The summed E-state index contributed by atoms with van der Waals surface area (Å²) in [6.45, 7) is 19.4. The van der Waals surface area contributed by atoms with Crippen LogP contribution in [-0.4, -0.2) is 62.8 Å². The van der Waals surface area contributed by atoms with E-state index in [-0.39, 0.29) is 0 Å². The Bertz CT molecular complexity index is 297. The van der Waals surface area contributed by atoms with Crippen LogP contribution in [-0.2, 0) is 17.7 Å². The molecule has 0 rings (SSSR count). The summed E-state index contributed by atoms with van der Waals surface area (Å²) in [5.74, 6) is 0. The molecule has 0 aromatic heterocycles. The van der Waals surface area contributed by atoms with Gasteiger partial charge in [-0.3, -0.25) is 0 Å². The second kappa shape index (κ2) is 10.4. The maximum absolute atomic E-state index is 9.09. The fraction of sp³-hybridized carbons (Fsp3) is 1.00. The topological polar surface area (TPSA) is 57.2 Å². The molecule has 0 aliphatic heterocycles. The molecule has 5 nitrogen and oxygen atoms in total. The average Bonchev–Trinajstić information content (AvgIpc) is 2.26. The van der Waals surface area contributed by atoms with Crippen LogP contribution in [0.5, 0.6) is 0 Å². The van der Waals surface area contributed by atoms with E-state index >= 15 is 0 Å². The number of aliphatic hydroxyl groups excluding tert-OH is 1. The van der Waals surface area contributed by atoms with Gasteiger partial charge in [0.25, 0.3) is 0 Å². The molecule has 0 saturated carbocycles. The molecule has 0 aromatic rings. The minimum atomic E-state index is -2.13. The van der Waals surface area contributed by atoms with Crippen LogP contribution in [0.4, 0.5) is 0 Å². The van der Waals surface area contributed by atoms with Crippen molar-refractivity contribution in [2.75, 3.05) is 26.4 Å². The van der Waals surface area contributed by atoms with Crippen LogP contribution in [0.1, 0.15) is 13.3 Å². The summed E-state index contributed by atoms with van der Waals surface area (Å²) < 4.78 is 23.8. The van der Waals surface area contributed by atoms with Crippen molar-refractivity contribution in [3.8, 4) is 0 Å². The van der Waals surface area contributed by atoms with Crippen LogP contribution in [0, 0.1) is 0 Å². The summed E-state index contributed by atoms with van der Waals surface area (Å²) >= 11 is 0. The highest BCUT2D eigenvalue weighted by atomic mass is 28.5. The largest absolute Gasteiger partial charge is 0.437 e. The van der Waals surface area contributed by atoms with Gasteiger partial charge < -0.3 is 22.8 Å². The average molecular weight is 383 g/mol. The van der Waals surface area contributed by atoms with Crippen molar-refractivity contribution in [2.24, 2.45) is 0 Å². The normalized spacial score (nSPS) is 15.0. The maximum atomic E-state index is 9.09. The van der Waals surface area contributed by atoms with Crippen LogP contribution in [0.25, 0.3) is 0 Å². The van der Waals surface area contributed by atoms with Crippen molar-refractivity contribution in [1.29, 1.82) is 0 Å². The Labute approximate surface area is 146 Å². The molecular weight excluding hydrogens is 344 g/mol. The van der Waals surface area contributed by atoms with E-state index in [2.05, 4.69) is 45.8 Å².